The van der Waals surface area contributed by atoms with Gasteiger partial charge in [0.25, 0.3) is 5.56 Å². The number of thiazole rings is 1. The quantitative estimate of drug-likeness (QED) is 0.237. The lowest BCUT2D eigenvalue weighted by molar-refractivity contribution is 0.413. The van der Waals surface area contributed by atoms with Crippen molar-refractivity contribution in [3.05, 3.63) is 150 Å². The van der Waals surface area contributed by atoms with Crippen molar-refractivity contribution in [1.82, 2.24) is 9.55 Å². The molecule has 1 atom stereocenters. The van der Waals surface area contributed by atoms with E-state index in [2.05, 4.69) is 85.6 Å². The summed E-state index contributed by atoms with van der Waals surface area (Å²) in [6.45, 7) is 4.25. The van der Waals surface area contributed by atoms with E-state index in [0.717, 1.165) is 67.9 Å². The molecule has 0 fully saturated rings. The van der Waals surface area contributed by atoms with Crippen molar-refractivity contribution in [1.29, 1.82) is 0 Å². The van der Waals surface area contributed by atoms with Crippen LogP contribution in [0.5, 0.6) is 5.75 Å². The first-order chi connectivity index (χ1) is 21.5. The third-order valence-electron chi connectivity index (χ3n) is 8.91. The number of hydrogen-bond donors (Lipinski definition) is 1. The summed E-state index contributed by atoms with van der Waals surface area (Å²) in [5, 5.41) is 1.12. The lowest BCUT2D eigenvalue weighted by Gasteiger charge is -2.31. The van der Waals surface area contributed by atoms with Crippen LogP contribution in [0, 0.1) is 13.8 Å². The number of aryl methyl sites for hydroxylation is 3. The number of rotatable bonds is 4. The molecule has 0 saturated carbocycles. The second-order valence-electron chi connectivity index (χ2n) is 11.7. The Labute approximate surface area is 259 Å². The van der Waals surface area contributed by atoms with Gasteiger partial charge in [0, 0.05) is 22.0 Å². The minimum absolute atomic E-state index is 0.0234. The highest BCUT2D eigenvalue weighted by atomic mass is 32.1. The number of fused-ring (bicyclic) bond motifs is 4. The molecule has 6 aromatic rings. The van der Waals surface area contributed by atoms with Gasteiger partial charge in [0.05, 0.1) is 29.1 Å². The first-order valence-corrected chi connectivity index (χ1v) is 15.8. The molecule has 6 heteroatoms. The van der Waals surface area contributed by atoms with Gasteiger partial charge in [-0.05, 0) is 78.8 Å². The van der Waals surface area contributed by atoms with Crippen LogP contribution in [-0.2, 0) is 6.42 Å². The zero-order valence-corrected chi connectivity index (χ0v) is 25.7. The number of aromatic nitrogens is 2. The number of methoxy groups -OCH3 is 1. The molecular weight excluding hydrogens is 563 g/mol. The van der Waals surface area contributed by atoms with E-state index in [1.807, 2.05) is 34.9 Å². The van der Waals surface area contributed by atoms with Crippen LogP contribution >= 0.6 is 11.3 Å². The Bertz CT molecular complexity index is 2320. The summed E-state index contributed by atoms with van der Waals surface area (Å²) in [4.78, 5) is 24.2. The molecule has 0 amide bonds. The smallest absolute Gasteiger partial charge is 0.271 e. The first kappa shape index (κ1) is 26.7. The van der Waals surface area contributed by atoms with Crippen molar-refractivity contribution in [3.63, 3.8) is 0 Å². The maximum absolute atomic E-state index is 14.5. The predicted octanol–water partition coefficient (Wildman–Crippen LogP) is 7.09. The van der Waals surface area contributed by atoms with Gasteiger partial charge in [-0.25, -0.2) is 4.99 Å². The van der Waals surface area contributed by atoms with E-state index in [1.54, 1.807) is 7.11 Å². The minimum atomic E-state index is -0.257. The number of aromatic amines is 1. The van der Waals surface area contributed by atoms with Gasteiger partial charge in [-0.15, -0.1) is 0 Å². The Morgan fingerprint density at radius 2 is 1.77 bits per heavy atom. The average Bonchev–Trinajstić information content (AvgIpc) is 3.57. The van der Waals surface area contributed by atoms with Gasteiger partial charge in [0.1, 0.15) is 5.75 Å². The summed E-state index contributed by atoms with van der Waals surface area (Å²) < 4.78 is 8.19. The fraction of sp³-hybridized carbons (Fsp3) is 0.158. The number of nitrogens with zero attached hydrogens (tertiary/aromatic N) is 2. The maximum Gasteiger partial charge on any atom is 0.271 e. The molecule has 216 valence electrons. The van der Waals surface area contributed by atoms with Gasteiger partial charge in [-0.1, -0.05) is 89.7 Å². The van der Waals surface area contributed by atoms with Crippen LogP contribution in [0.15, 0.2) is 106 Å². The molecule has 0 spiro atoms. The van der Waals surface area contributed by atoms with E-state index < -0.39 is 0 Å². The van der Waals surface area contributed by atoms with Crippen LogP contribution in [0.25, 0.3) is 33.9 Å². The fourth-order valence-electron chi connectivity index (χ4n) is 6.92. The van der Waals surface area contributed by atoms with E-state index >= 15 is 0 Å². The van der Waals surface area contributed by atoms with Crippen LogP contribution in [0.4, 0.5) is 0 Å². The molecule has 8 rings (SSSR count). The summed E-state index contributed by atoms with van der Waals surface area (Å²) in [6, 6.07) is 31.1. The number of H-pyrrole nitrogens is 1. The zero-order chi connectivity index (χ0) is 29.9. The molecule has 1 aliphatic carbocycles. The van der Waals surface area contributed by atoms with Crippen LogP contribution in [-0.4, -0.2) is 16.7 Å². The molecule has 0 radical (unpaired) electrons. The average molecular weight is 594 g/mol. The molecular formula is C38H31N3O2S. The molecule has 0 saturated heterocycles. The van der Waals surface area contributed by atoms with Crippen molar-refractivity contribution in [2.75, 3.05) is 7.11 Å². The molecule has 44 heavy (non-hydrogen) atoms. The Morgan fingerprint density at radius 1 is 0.955 bits per heavy atom. The summed E-state index contributed by atoms with van der Waals surface area (Å²) >= 11 is 1.47. The van der Waals surface area contributed by atoms with Gasteiger partial charge in [-0.3, -0.25) is 9.36 Å². The van der Waals surface area contributed by atoms with E-state index in [1.165, 1.54) is 33.6 Å². The van der Waals surface area contributed by atoms with Crippen LogP contribution < -0.4 is 19.6 Å². The van der Waals surface area contributed by atoms with E-state index in [4.69, 9.17) is 9.73 Å². The normalized spacial score (nSPS) is 16.0. The lowest BCUT2D eigenvalue weighted by Crippen LogP contribution is -2.38. The van der Waals surface area contributed by atoms with Gasteiger partial charge >= 0.3 is 0 Å². The fourth-order valence-corrected chi connectivity index (χ4v) is 7.90. The first-order valence-electron chi connectivity index (χ1n) is 15.0. The zero-order valence-electron chi connectivity index (χ0n) is 24.8. The number of ether oxygens (including phenoxy) is 1. The van der Waals surface area contributed by atoms with Crippen LogP contribution in [0.1, 0.15) is 45.8 Å². The molecule has 0 bridgehead atoms. The SMILES string of the molecule is COc1cccc([C@H]2C3=C(N=c4s/c(=C/c5c(-c6ccccc6)[nH]c6c(C)cc(C)cc56)c(=O)n42)c2ccccc2CC3)c1. The van der Waals surface area contributed by atoms with E-state index in [-0.39, 0.29) is 11.6 Å². The standard InChI is InChI=1S/C38H31N3O2S/c1-22-18-23(2)33-30(19-22)31(34(39-33)25-11-5-4-6-12-25)21-32-37(42)41-36(26-13-9-14-27(20-26)43-3)29-17-16-24-10-7-8-15-28(24)35(29)40-38(41)44-32/h4-15,18-21,36,39H,16-17H2,1-3H3/b32-21+/t36-/m0/s1. The summed E-state index contributed by atoms with van der Waals surface area (Å²) in [6.07, 6.45) is 3.84. The highest BCUT2D eigenvalue weighted by Crippen LogP contribution is 2.42. The topological polar surface area (TPSA) is 59.4 Å². The predicted molar refractivity (Wildman–Crippen MR) is 179 cm³/mol. The minimum Gasteiger partial charge on any atom is -0.497 e. The Balaban J connectivity index is 1.42. The van der Waals surface area contributed by atoms with Crippen molar-refractivity contribution >= 4 is 34.0 Å². The third kappa shape index (κ3) is 4.20. The number of nitrogens with one attached hydrogen (secondary N) is 1. The molecule has 1 aliphatic heterocycles. The molecule has 2 aromatic heterocycles. The Morgan fingerprint density at radius 3 is 2.61 bits per heavy atom. The summed E-state index contributed by atoms with van der Waals surface area (Å²) in [5.74, 6) is 0.775. The largest absolute Gasteiger partial charge is 0.497 e. The third-order valence-corrected chi connectivity index (χ3v) is 9.89. The molecule has 1 N–H and O–H groups in total. The van der Waals surface area contributed by atoms with Crippen molar-refractivity contribution in [2.45, 2.75) is 32.7 Å². The molecule has 0 unspecified atom stereocenters. The Kier molecular flexibility index (Phi) is 6.27. The Hall–Kier alpha value is -4.94. The van der Waals surface area contributed by atoms with Gasteiger partial charge in [-0.2, -0.15) is 0 Å². The van der Waals surface area contributed by atoms with Gasteiger partial charge in [0.15, 0.2) is 4.80 Å². The van der Waals surface area contributed by atoms with E-state index in [0.29, 0.717) is 4.53 Å². The number of hydrogen-bond acceptors (Lipinski definition) is 4. The highest BCUT2D eigenvalue weighted by molar-refractivity contribution is 7.07. The lowest BCUT2D eigenvalue weighted by atomic mass is 9.83. The number of benzene rings is 4. The number of allylic oxidation sites excluding steroid dienone is 1. The van der Waals surface area contributed by atoms with Crippen LogP contribution in [0.2, 0.25) is 0 Å². The van der Waals surface area contributed by atoms with Gasteiger partial charge in [0.2, 0.25) is 0 Å². The molecule has 2 aliphatic rings. The molecule has 3 heterocycles. The maximum atomic E-state index is 14.5. The highest BCUT2D eigenvalue weighted by Gasteiger charge is 2.33. The van der Waals surface area contributed by atoms with Gasteiger partial charge < -0.3 is 9.72 Å². The second kappa shape index (κ2) is 10.4. The van der Waals surface area contributed by atoms with Crippen molar-refractivity contribution in [3.8, 4) is 17.0 Å². The van der Waals surface area contributed by atoms with Crippen molar-refractivity contribution < 1.29 is 4.74 Å². The second-order valence-corrected chi connectivity index (χ2v) is 12.7. The monoisotopic (exact) mass is 593 g/mol. The molecule has 5 nitrogen and oxygen atoms in total. The van der Waals surface area contributed by atoms with Crippen LogP contribution in [0.3, 0.4) is 0 Å². The summed E-state index contributed by atoms with van der Waals surface area (Å²) in [5.41, 5.74) is 12.2. The molecule has 4 aromatic carbocycles. The van der Waals surface area contributed by atoms with Crippen molar-refractivity contribution in [2.24, 2.45) is 4.99 Å². The van der Waals surface area contributed by atoms with E-state index in [9.17, 15) is 4.79 Å². The summed E-state index contributed by atoms with van der Waals surface area (Å²) in [7, 11) is 1.68.